The van der Waals surface area contributed by atoms with Gasteiger partial charge in [-0.1, -0.05) is 0 Å². The van der Waals surface area contributed by atoms with Crippen molar-refractivity contribution in [3.05, 3.63) is 72.1 Å². The Morgan fingerprint density at radius 3 is 1.34 bits per heavy atom. The van der Waals surface area contributed by atoms with Gasteiger partial charge >= 0.3 is 0 Å². The van der Waals surface area contributed by atoms with Crippen LogP contribution in [0.5, 0.6) is 23.3 Å². The van der Waals surface area contributed by atoms with Crippen molar-refractivity contribution in [2.45, 2.75) is 13.8 Å². The first kappa shape index (κ1) is 18.6. The molecule has 0 fully saturated rings. The fourth-order valence-electron chi connectivity index (χ4n) is 3.02. The molecule has 2 heterocycles. The number of hydrogen-bond acceptors (Lipinski definition) is 5. The summed E-state index contributed by atoms with van der Waals surface area (Å²) in [7, 11) is 3.29. The Labute approximate surface area is 169 Å². The summed E-state index contributed by atoms with van der Waals surface area (Å²) in [4.78, 5) is 0. The molecule has 2 aromatic heterocycles. The van der Waals surface area contributed by atoms with Crippen molar-refractivity contribution in [1.29, 1.82) is 0 Å². The molecule has 2 aromatic carbocycles. The molecule has 0 spiro atoms. The molecule has 7 heteroatoms. The molecule has 0 aliphatic heterocycles. The van der Waals surface area contributed by atoms with Crippen molar-refractivity contribution in [3.8, 4) is 34.6 Å². The molecule has 0 saturated carbocycles. The molecule has 0 bridgehead atoms. The molecular weight excluding hydrogens is 368 g/mol. The Morgan fingerprint density at radius 2 is 1.00 bits per heavy atom. The highest BCUT2D eigenvalue weighted by Crippen LogP contribution is 2.29. The van der Waals surface area contributed by atoms with Gasteiger partial charge in [0.15, 0.2) is 0 Å². The monoisotopic (exact) mass is 390 g/mol. The van der Waals surface area contributed by atoms with E-state index in [9.17, 15) is 0 Å². The lowest BCUT2D eigenvalue weighted by Gasteiger charge is -2.11. The van der Waals surface area contributed by atoms with E-state index in [1.807, 2.05) is 74.5 Å². The number of nitrogens with zero attached hydrogens (tertiary/aromatic N) is 4. The van der Waals surface area contributed by atoms with Gasteiger partial charge < -0.3 is 14.2 Å². The van der Waals surface area contributed by atoms with Gasteiger partial charge in [-0.15, -0.1) is 0 Å². The van der Waals surface area contributed by atoms with Gasteiger partial charge in [0.2, 0.25) is 11.8 Å². The summed E-state index contributed by atoms with van der Waals surface area (Å²) in [5.41, 5.74) is 3.45. The van der Waals surface area contributed by atoms with Crippen LogP contribution in [0.1, 0.15) is 11.4 Å². The third kappa shape index (κ3) is 3.80. The van der Waals surface area contributed by atoms with E-state index >= 15 is 0 Å². The Hall–Kier alpha value is -3.74. The number of aryl methyl sites for hydroxylation is 2. The largest absolute Gasteiger partial charge is 0.497 e. The van der Waals surface area contributed by atoms with Crippen molar-refractivity contribution in [2.24, 2.45) is 0 Å². The Bertz CT molecular complexity index is 1020. The standard InChI is InChI=1S/C22H22N4O3/c1-15-13-21(25(23-15)17-5-9-19(27-3)10-6-17)29-22-14-16(2)24-26(22)18-7-11-20(28-4)12-8-18/h5-14H,1-4H3. The van der Waals surface area contributed by atoms with Crippen LogP contribution in [0.2, 0.25) is 0 Å². The van der Waals surface area contributed by atoms with E-state index in [-0.39, 0.29) is 0 Å². The molecule has 0 aliphatic carbocycles. The molecule has 7 nitrogen and oxygen atoms in total. The Morgan fingerprint density at radius 1 is 0.621 bits per heavy atom. The highest BCUT2D eigenvalue weighted by atomic mass is 16.5. The van der Waals surface area contributed by atoms with E-state index in [0.717, 1.165) is 34.3 Å². The maximum absolute atomic E-state index is 6.24. The van der Waals surface area contributed by atoms with Crippen molar-refractivity contribution in [3.63, 3.8) is 0 Å². The topological polar surface area (TPSA) is 63.3 Å². The molecular formula is C22H22N4O3. The van der Waals surface area contributed by atoms with Crippen molar-refractivity contribution in [1.82, 2.24) is 19.6 Å². The highest BCUT2D eigenvalue weighted by molar-refractivity contribution is 5.43. The minimum absolute atomic E-state index is 0.599. The first-order chi connectivity index (χ1) is 14.1. The summed E-state index contributed by atoms with van der Waals surface area (Å²) in [6.07, 6.45) is 0. The fourth-order valence-corrected chi connectivity index (χ4v) is 3.02. The minimum atomic E-state index is 0.599. The minimum Gasteiger partial charge on any atom is -0.497 e. The Kier molecular flexibility index (Phi) is 4.95. The molecule has 0 aliphatic rings. The van der Waals surface area contributed by atoms with Crippen LogP contribution >= 0.6 is 0 Å². The number of methoxy groups -OCH3 is 2. The zero-order valence-electron chi connectivity index (χ0n) is 16.8. The maximum Gasteiger partial charge on any atom is 0.224 e. The number of aromatic nitrogens is 4. The van der Waals surface area contributed by atoms with E-state index < -0.39 is 0 Å². The lowest BCUT2D eigenvalue weighted by atomic mass is 10.3. The van der Waals surface area contributed by atoms with Crippen molar-refractivity contribution < 1.29 is 14.2 Å². The van der Waals surface area contributed by atoms with E-state index in [0.29, 0.717) is 11.8 Å². The fraction of sp³-hybridized carbons (Fsp3) is 0.182. The second-order valence-electron chi connectivity index (χ2n) is 6.57. The molecule has 0 N–H and O–H groups in total. The lowest BCUT2D eigenvalue weighted by Crippen LogP contribution is -2.03. The van der Waals surface area contributed by atoms with E-state index in [1.165, 1.54) is 0 Å². The summed E-state index contributed by atoms with van der Waals surface area (Å²) >= 11 is 0. The lowest BCUT2D eigenvalue weighted by molar-refractivity contribution is 0.409. The van der Waals surface area contributed by atoms with E-state index in [2.05, 4.69) is 10.2 Å². The summed E-state index contributed by atoms with van der Waals surface area (Å²) in [6.45, 7) is 3.86. The van der Waals surface area contributed by atoms with Gasteiger partial charge in [-0.2, -0.15) is 10.2 Å². The normalized spacial score (nSPS) is 10.8. The molecule has 29 heavy (non-hydrogen) atoms. The maximum atomic E-state index is 6.24. The van der Waals surface area contributed by atoms with E-state index in [4.69, 9.17) is 14.2 Å². The summed E-state index contributed by atoms with van der Waals surface area (Å²) in [5, 5.41) is 9.14. The molecule has 0 atom stereocenters. The molecule has 0 unspecified atom stereocenters. The molecule has 0 radical (unpaired) electrons. The Balaban J connectivity index is 1.70. The number of benzene rings is 2. The molecule has 0 saturated heterocycles. The predicted octanol–water partition coefficient (Wildman–Crippen LogP) is 4.48. The van der Waals surface area contributed by atoms with Crippen LogP contribution in [-0.4, -0.2) is 33.8 Å². The third-order valence-corrected chi connectivity index (χ3v) is 4.44. The summed E-state index contributed by atoms with van der Waals surface area (Å²) < 4.78 is 20.2. The van der Waals surface area contributed by atoms with Crippen molar-refractivity contribution in [2.75, 3.05) is 14.2 Å². The average molecular weight is 390 g/mol. The van der Waals surface area contributed by atoms with Gasteiger partial charge in [-0.25, -0.2) is 9.36 Å². The molecule has 4 rings (SSSR count). The van der Waals surface area contributed by atoms with Crippen LogP contribution in [0, 0.1) is 13.8 Å². The smallest absolute Gasteiger partial charge is 0.224 e. The van der Waals surface area contributed by atoms with Gasteiger partial charge in [0, 0.05) is 12.1 Å². The van der Waals surface area contributed by atoms with Crippen LogP contribution in [-0.2, 0) is 0 Å². The molecule has 0 amide bonds. The zero-order valence-corrected chi connectivity index (χ0v) is 16.8. The molecule has 4 aromatic rings. The third-order valence-electron chi connectivity index (χ3n) is 4.44. The van der Waals surface area contributed by atoms with Crippen LogP contribution in [0.4, 0.5) is 0 Å². The highest BCUT2D eigenvalue weighted by Gasteiger charge is 2.15. The predicted molar refractivity (Wildman–Crippen MR) is 110 cm³/mol. The quantitative estimate of drug-likeness (QED) is 0.486. The van der Waals surface area contributed by atoms with Gasteiger partial charge in [0.1, 0.15) is 11.5 Å². The second-order valence-corrected chi connectivity index (χ2v) is 6.57. The van der Waals surface area contributed by atoms with E-state index in [1.54, 1.807) is 23.6 Å². The van der Waals surface area contributed by atoms with Gasteiger partial charge in [0.05, 0.1) is 37.0 Å². The van der Waals surface area contributed by atoms with Gasteiger partial charge in [-0.05, 0) is 62.4 Å². The summed E-state index contributed by atoms with van der Waals surface area (Å²) in [6, 6.07) is 19.1. The van der Waals surface area contributed by atoms with Crippen LogP contribution in [0.3, 0.4) is 0 Å². The SMILES string of the molecule is COc1ccc(-n2nc(C)cc2Oc2cc(C)nn2-c2ccc(OC)cc2)cc1. The average Bonchev–Trinajstić information content (AvgIpc) is 3.30. The first-order valence-corrected chi connectivity index (χ1v) is 9.17. The molecule has 148 valence electrons. The van der Waals surface area contributed by atoms with Gasteiger partial charge in [0.25, 0.3) is 0 Å². The number of rotatable bonds is 6. The van der Waals surface area contributed by atoms with Gasteiger partial charge in [-0.3, -0.25) is 0 Å². The van der Waals surface area contributed by atoms with Crippen LogP contribution in [0.15, 0.2) is 60.7 Å². The first-order valence-electron chi connectivity index (χ1n) is 9.17. The summed E-state index contributed by atoms with van der Waals surface area (Å²) in [5.74, 6) is 2.77. The zero-order chi connectivity index (χ0) is 20.4. The number of ether oxygens (including phenoxy) is 3. The van der Waals surface area contributed by atoms with Crippen LogP contribution < -0.4 is 14.2 Å². The second kappa shape index (κ2) is 7.71. The number of hydrogen-bond donors (Lipinski definition) is 0. The van der Waals surface area contributed by atoms with Crippen molar-refractivity contribution >= 4 is 0 Å². The van der Waals surface area contributed by atoms with Crippen LogP contribution in [0.25, 0.3) is 11.4 Å².